The van der Waals surface area contributed by atoms with Crippen LogP contribution >= 0.6 is 0 Å². The highest BCUT2D eigenvalue weighted by atomic mass is 19.4. The van der Waals surface area contributed by atoms with Crippen LogP contribution in [0, 0.1) is 5.92 Å². The minimum atomic E-state index is -4.51. The number of piperidine rings is 1. The molecule has 3 unspecified atom stereocenters. The third kappa shape index (κ3) is 11.1. The Morgan fingerprint density at radius 1 is 0.784 bits per heavy atom. The van der Waals surface area contributed by atoms with E-state index in [9.17, 15) is 27.6 Å². The predicted molar refractivity (Wildman–Crippen MR) is 186 cm³/mol. The van der Waals surface area contributed by atoms with Crippen molar-refractivity contribution in [3.8, 4) is 5.75 Å². The summed E-state index contributed by atoms with van der Waals surface area (Å²) in [6.07, 6.45) is -4.32. The molecule has 0 radical (unpaired) electrons. The Morgan fingerprint density at radius 2 is 1.45 bits per heavy atom. The molecule has 4 aromatic rings. The number of carbonyl (C=O) groups excluding carboxylic acids is 3. The highest BCUT2D eigenvalue weighted by molar-refractivity contribution is 5.89. The van der Waals surface area contributed by atoms with Gasteiger partial charge in [-0.3, -0.25) is 9.59 Å². The van der Waals surface area contributed by atoms with Crippen LogP contribution in [0.3, 0.4) is 0 Å². The Morgan fingerprint density at radius 3 is 2.18 bits per heavy atom. The van der Waals surface area contributed by atoms with E-state index in [2.05, 4.69) is 21.3 Å². The van der Waals surface area contributed by atoms with Crippen LogP contribution in [0.25, 0.3) is 0 Å². The average Bonchev–Trinajstić information content (AvgIpc) is 3.15. The van der Waals surface area contributed by atoms with Gasteiger partial charge in [-0.05, 0) is 59.2 Å². The van der Waals surface area contributed by atoms with Gasteiger partial charge in [0.1, 0.15) is 19.0 Å². The molecule has 0 saturated carbocycles. The molecule has 5 rings (SSSR count). The van der Waals surface area contributed by atoms with E-state index in [0.29, 0.717) is 18.7 Å². The van der Waals surface area contributed by atoms with Crippen LogP contribution < -0.4 is 26.0 Å². The van der Waals surface area contributed by atoms with Crippen LogP contribution in [0.1, 0.15) is 46.1 Å². The van der Waals surface area contributed by atoms with E-state index in [4.69, 9.17) is 9.47 Å². The fourth-order valence-electron chi connectivity index (χ4n) is 6.03. The van der Waals surface area contributed by atoms with Crippen LogP contribution in [-0.4, -0.2) is 50.6 Å². The van der Waals surface area contributed by atoms with Gasteiger partial charge in [0.2, 0.25) is 11.8 Å². The molecule has 0 spiro atoms. The van der Waals surface area contributed by atoms with Crippen molar-refractivity contribution in [3.63, 3.8) is 0 Å². The molecular formula is C39H41F3N4O5. The van der Waals surface area contributed by atoms with Gasteiger partial charge in [-0.15, -0.1) is 0 Å². The molecule has 1 aliphatic rings. The van der Waals surface area contributed by atoms with Gasteiger partial charge in [0.15, 0.2) is 0 Å². The van der Waals surface area contributed by atoms with E-state index in [1.54, 1.807) is 24.3 Å². The molecule has 3 atom stereocenters. The number of nitrogens with one attached hydrogen (secondary N) is 4. The summed E-state index contributed by atoms with van der Waals surface area (Å²) < 4.78 is 50.8. The van der Waals surface area contributed by atoms with Crippen molar-refractivity contribution in [3.05, 3.63) is 137 Å². The van der Waals surface area contributed by atoms with Gasteiger partial charge < -0.3 is 30.7 Å². The van der Waals surface area contributed by atoms with Gasteiger partial charge in [0.25, 0.3) is 0 Å². The number of alkyl carbamates (subject to hydrolysis) is 1. The Labute approximate surface area is 294 Å². The number of benzene rings is 4. The lowest BCUT2D eigenvalue weighted by molar-refractivity contribution is -0.139. The van der Waals surface area contributed by atoms with Gasteiger partial charge in [-0.1, -0.05) is 97.1 Å². The summed E-state index contributed by atoms with van der Waals surface area (Å²) in [6.45, 7) is 1.69. The Bertz CT molecular complexity index is 1720. The lowest BCUT2D eigenvalue weighted by Gasteiger charge is -2.33. The zero-order chi connectivity index (χ0) is 36.1. The molecule has 0 aliphatic carbocycles. The fraction of sp³-hybridized carbons (Fsp3) is 0.308. The Hall–Kier alpha value is -5.36. The lowest BCUT2D eigenvalue weighted by atomic mass is 9.81. The number of hydrogen-bond acceptors (Lipinski definition) is 6. The van der Waals surface area contributed by atoms with Crippen molar-refractivity contribution in [1.82, 2.24) is 21.3 Å². The summed E-state index contributed by atoms with van der Waals surface area (Å²) in [5.41, 5.74) is 2.49. The Balaban J connectivity index is 1.10. The molecule has 0 bridgehead atoms. The molecule has 4 aromatic carbocycles. The number of hydrogen-bond donors (Lipinski definition) is 4. The fourth-order valence-corrected chi connectivity index (χ4v) is 6.03. The predicted octanol–water partition coefficient (Wildman–Crippen LogP) is 5.92. The largest absolute Gasteiger partial charge is 0.488 e. The maximum Gasteiger partial charge on any atom is 0.419 e. The molecule has 0 aromatic heterocycles. The maximum atomic E-state index is 13.3. The molecule has 1 aliphatic heterocycles. The number of rotatable bonds is 14. The summed E-state index contributed by atoms with van der Waals surface area (Å²) in [5.74, 6) is -1.52. The summed E-state index contributed by atoms with van der Waals surface area (Å²) in [6, 6.07) is 31.0. The summed E-state index contributed by atoms with van der Waals surface area (Å²) in [5, 5.41) is 11.7. The summed E-state index contributed by atoms with van der Waals surface area (Å²) in [4.78, 5) is 38.5. The number of amides is 3. The van der Waals surface area contributed by atoms with E-state index >= 15 is 0 Å². The minimum Gasteiger partial charge on any atom is -0.488 e. The molecule has 1 fully saturated rings. The van der Waals surface area contributed by atoms with Crippen LogP contribution in [0.2, 0.25) is 0 Å². The highest BCUT2D eigenvalue weighted by Gasteiger charge is 2.34. The lowest BCUT2D eigenvalue weighted by Crippen LogP contribution is -2.45. The first-order valence-corrected chi connectivity index (χ1v) is 16.8. The van der Waals surface area contributed by atoms with E-state index in [1.807, 2.05) is 60.7 Å². The van der Waals surface area contributed by atoms with Crippen LogP contribution in [0.4, 0.5) is 18.0 Å². The van der Waals surface area contributed by atoms with Gasteiger partial charge >= 0.3 is 12.3 Å². The number of ether oxygens (including phenoxy) is 2. The third-order valence-corrected chi connectivity index (χ3v) is 8.77. The van der Waals surface area contributed by atoms with Crippen molar-refractivity contribution in [2.45, 2.75) is 37.6 Å². The minimum absolute atomic E-state index is 0.00959. The first-order valence-electron chi connectivity index (χ1n) is 16.8. The van der Waals surface area contributed by atoms with Crippen molar-refractivity contribution in [2.24, 2.45) is 5.92 Å². The second-order valence-electron chi connectivity index (χ2n) is 12.3. The van der Waals surface area contributed by atoms with Crippen molar-refractivity contribution < 1.29 is 37.0 Å². The zero-order valence-electron chi connectivity index (χ0n) is 28.0. The smallest absolute Gasteiger partial charge is 0.419 e. The summed E-state index contributed by atoms with van der Waals surface area (Å²) >= 11 is 0. The number of para-hydroxylation sites is 1. The highest BCUT2D eigenvalue weighted by Crippen LogP contribution is 2.36. The van der Waals surface area contributed by atoms with Gasteiger partial charge in [0, 0.05) is 19.6 Å². The number of halogens is 3. The van der Waals surface area contributed by atoms with Crippen molar-refractivity contribution in [1.29, 1.82) is 0 Å². The van der Waals surface area contributed by atoms with Crippen LogP contribution in [0.15, 0.2) is 109 Å². The first kappa shape index (κ1) is 36.9. The zero-order valence-corrected chi connectivity index (χ0v) is 28.0. The third-order valence-electron chi connectivity index (χ3n) is 8.77. The van der Waals surface area contributed by atoms with E-state index in [1.165, 1.54) is 18.2 Å². The monoisotopic (exact) mass is 702 g/mol. The average molecular weight is 703 g/mol. The molecule has 51 heavy (non-hydrogen) atoms. The van der Waals surface area contributed by atoms with E-state index in [-0.39, 0.29) is 49.8 Å². The topological polar surface area (TPSA) is 118 Å². The Kier molecular flexibility index (Phi) is 13.1. The second-order valence-corrected chi connectivity index (χ2v) is 12.3. The second kappa shape index (κ2) is 18.0. The van der Waals surface area contributed by atoms with E-state index in [0.717, 1.165) is 35.7 Å². The molecule has 1 saturated heterocycles. The normalized spacial score (nSPS) is 16.4. The number of carbonyl (C=O) groups is 3. The van der Waals surface area contributed by atoms with Gasteiger partial charge in [-0.25, -0.2) is 4.79 Å². The van der Waals surface area contributed by atoms with Gasteiger partial charge in [0.05, 0.1) is 18.0 Å². The first-order chi connectivity index (χ1) is 24.7. The summed E-state index contributed by atoms with van der Waals surface area (Å²) in [7, 11) is 0. The van der Waals surface area contributed by atoms with Crippen molar-refractivity contribution >= 4 is 17.9 Å². The molecule has 3 amide bonds. The molecule has 9 nitrogen and oxygen atoms in total. The molecular weight excluding hydrogens is 661 g/mol. The molecule has 12 heteroatoms. The van der Waals surface area contributed by atoms with Crippen LogP contribution in [0.5, 0.6) is 5.75 Å². The number of alkyl halides is 3. The quantitative estimate of drug-likeness (QED) is 0.130. The van der Waals surface area contributed by atoms with Gasteiger partial charge in [-0.2, -0.15) is 13.2 Å². The standard InChI is InChI=1S/C39H41F3N4O5/c40-39(41,42)34-13-7-8-14-35(34)50-25-28-15-17-30(18-16-28)32-19-20-43-21-31(32)22-44-36(47)24-45-37(48)33(29-11-5-2-6-12-29)23-46-38(49)51-26-27-9-3-1-4-10-27/h1-18,31-33,43H,19-26H2,(H,44,47)(H,45,48)(H,46,49). The van der Waals surface area contributed by atoms with E-state index < -0.39 is 29.7 Å². The van der Waals surface area contributed by atoms with Crippen LogP contribution in [-0.2, 0) is 33.7 Å². The maximum absolute atomic E-state index is 13.3. The molecule has 1 heterocycles. The molecule has 268 valence electrons. The SMILES string of the molecule is O=C(CNC(=O)C(CNC(=O)OCc1ccccc1)c1ccccc1)NCC1CNCCC1c1ccc(COc2ccccc2C(F)(F)F)cc1. The molecule has 4 N–H and O–H groups in total. The van der Waals surface area contributed by atoms with Crippen molar-refractivity contribution in [2.75, 3.05) is 32.7 Å².